The van der Waals surface area contributed by atoms with E-state index in [2.05, 4.69) is 9.59 Å². The van der Waals surface area contributed by atoms with E-state index >= 15 is 0 Å². The molecule has 0 bridgehead atoms. The van der Waals surface area contributed by atoms with Crippen LogP contribution < -0.4 is 11.5 Å². The molecular formula is C4H6N4OS. The standard InChI is InChI=1S/C4H6N4OS/c5-3(4(6)9)2-1-10-8-7-2/h1,3H,5H2,(H2,6,9). The van der Waals surface area contributed by atoms with Crippen molar-refractivity contribution in [3.63, 3.8) is 0 Å². The fourth-order valence-corrected chi connectivity index (χ4v) is 0.943. The molecule has 0 spiro atoms. The Morgan fingerprint density at radius 1 is 1.80 bits per heavy atom. The zero-order valence-corrected chi connectivity index (χ0v) is 5.84. The molecule has 1 amide bonds. The predicted molar refractivity (Wildman–Crippen MR) is 36.0 cm³/mol. The number of hydrogen-bond donors (Lipinski definition) is 2. The van der Waals surface area contributed by atoms with Crippen LogP contribution in [0, 0.1) is 0 Å². The first-order valence-electron chi connectivity index (χ1n) is 2.53. The van der Waals surface area contributed by atoms with Gasteiger partial charge in [-0.05, 0) is 11.5 Å². The molecule has 0 aromatic carbocycles. The monoisotopic (exact) mass is 158 g/mol. The van der Waals surface area contributed by atoms with Gasteiger partial charge in [-0.25, -0.2) is 0 Å². The van der Waals surface area contributed by atoms with Crippen LogP contribution in [0.25, 0.3) is 0 Å². The Balaban J connectivity index is 2.77. The molecule has 0 aliphatic rings. The van der Waals surface area contributed by atoms with E-state index in [1.54, 1.807) is 5.38 Å². The molecule has 1 heterocycles. The number of nitrogens with zero attached hydrogens (tertiary/aromatic N) is 2. The number of amides is 1. The maximum absolute atomic E-state index is 10.4. The van der Waals surface area contributed by atoms with Gasteiger partial charge in [0, 0.05) is 5.38 Å². The molecule has 1 rings (SSSR count). The molecule has 0 saturated heterocycles. The molecule has 4 N–H and O–H groups in total. The van der Waals surface area contributed by atoms with Gasteiger partial charge in [-0.1, -0.05) is 4.49 Å². The first-order chi connectivity index (χ1) is 4.72. The summed E-state index contributed by atoms with van der Waals surface area (Å²) >= 11 is 1.14. The van der Waals surface area contributed by atoms with Crippen LogP contribution in [-0.2, 0) is 4.79 Å². The summed E-state index contributed by atoms with van der Waals surface area (Å²) in [4.78, 5) is 10.4. The molecule has 1 atom stereocenters. The summed E-state index contributed by atoms with van der Waals surface area (Å²) in [6.45, 7) is 0. The second-order valence-electron chi connectivity index (χ2n) is 1.71. The van der Waals surface area contributed by atoms with Gasteiger partial charge in [0.2, 0.25) is 5.91 Å². The van der Waals surface area contributed by atoms with Crippen LogP contribution in [0.4, 0.5) is 0 Å². The van der Waals surface area contributed by atoms with Crippen LogP contribution in [0.1, 0.15) is 11.7 Å². The zero-order chi connectivity index (χ0) is 7.56. The van der Waals surface area contributed by atoms with E-state index in [1.807, 2.05) is 0 Å². The van der Waals surface area contributed by atoms with Crippen LogP contribution in [0.3, 0.4) is 0 Å². The van der Waals surface area contributed by atoms with Gasteiger partial charge >= 0.3 is 0 Å². The summed E-state index contributed by atoms with van der Waals surface area (Å²) in [6.07, 6.45) is 0. The van der Waals surface area contributed by atoms with Gasteiger partial charge in [0.1, 0.15) is 11.7 Å². The third kappa shape index (κ3) is 1.28. The highest BCUT2D eigenvalue weighted by Gasteiger charge is 2.13. The third-order valence-electron chi connectivity index (χ3n) is 1.00. The number of aromatic nitrogens is 2. The Morgan fingerprint density at radius 2 is 2.50 bits per heavy atom. The van der Waals surface area contributed by atoms with Crippen LogP contribution in [-0.4, -0.2) is 15.5 Å². The summed E-state index contributed by atoms with van der Waals surface area (Å²) in [5, 5.41) is 5.17. The van der Waals surface area contributed by atoms with Crippen molar-refractivity contribution in [1.29, 1.82) is 0 Å². The van der Waals surface area contributed by atoms with Crippen LogP contribution in [0.2, 0.25) is 0 Å². The van der Waals surface area contributed by atoms with Gasteiger partial charge in [-0.3, -0.25) is 4.79 Å². The highest BCUT2D eigenvalue weighted by Crippen LogP contribution is 2.05. The minimum absolute atomic E-state index is 0.428. The largest absolute Gasteiger partial charge is 0.368 e. The van der Waals surface area contributed by atoms with Crippen molar-refractivity contribution >= 4 is 17.4 Å². The molecule has 0 fully saturated rings. The highest BCUT2D eigenvalue weighted by atomic mass is 32.1. The fraction of sp³-hybridized carbons (Fsp3) is 0.250. The molecule has 6 heteroatoms. The first-order valence-corrected chi connectivity index (χ1v) is 3.37. The van der Waals surface area contributed by atoms with Gasteiger partial charge in [-0.15, -0.1) is 5.10 Å². The van der Waals surface area contributed by atoms with E-state index < -0.39 is 11.9 Å². The second-order valence-corrected chi connectivity index (χ2v) is 2.32. The predicted octanol–water partition coefficient (Wildman–Crippen LogP) is -0.977. The number of carbonyl (C=O) groups is 1. The number of hydrogen-bond acceptors (Lipinski definition) is 5. The van der Waals surface area contributed by atoms with Crippen molar-refractivity contribution in [2.24, 2.45) is 11.5 Å². The smallest absolute Gasteiger partial charge is 0.240 e. The minimum atomic E-state index is -0.821. The topological polar surface area (TPSA) is 94.9 Å². The van der Waals surface area contributed by atoms with E-state index in [4.69, 9.17) is 11.5 Å². The fourth-order valence-electron chi connectivity index (χ4n) is 0.453. The van der Waals surface area contributed by atoms with Crippen LogP contribution in [0.15, 0.2) is 5.38 Å². The molecule has 0 radical (unpaired) electrons. The van der Waals surface area contributed by atoms with E-state index in [0.29, 0.717) is 5.69 Å². The summed E-state index contributed by atoms with van der Waals surface area (Å²) in [6, 6.07) is -0.821. The Morgan fingerprint density at radius 3 is 2.90 bits per heavy atom. The molecule has 10 heavy (non-hydrogen) atoms. The Hall–Kier alpha value is -1.01. The number of carbonyl (C=O) groups excluding carboxylic acids is 1. The second kappa shape index (κ2) is 2.72. The van der Waals surface area contributed by atoms with Crippen LogP contribution in [0.5, 0.6) is 0 Å². The molecule has 5 nitrogen and oxygen atoms in total. The van der Waals surface area contributed by atoms with Crippen molar-refractivity contribution < 1.29 is 4.79 Å². The molecule has 0 aliphatic carbocycles. The van der Waals surface area contributed by atoms with Gasteiger partial charge in [-0.2, -0.15) is 0 Å². The number of rotatable bonds is 2. The minimum Gasteiger partial charge on any atom is -0.368 e. The molecule has 1 unspecified atom stereocenters. The van der Waals surface area contributed by atoms with Crippen molar-refractivity contribution in [2.75, 3.05) is 0 Å². The Bertz CT molecular complexity index is 221. The van der Waals surface area contributed by atoms with E-state index in [0.717, 1.165) is 11.5 Å². The lowest BCUT2D eigenvalue weighted by atomic mass is 10.2. The quantitative estimate of drug-likeness (QED) is 0.578. The average Bonchev–Trinajstić information content (AvgIpc) is 2.36. The van der Waals surface area contributed by atoms with E-state index in [-0.39, 0.29) is 0 Å². The summed E-state index contributed by atoms with van der Waals surface area (Å²) in [7, 11) is 0. The Labute approximate surface area is 61.2 Å². The Kier molecular flexibility index (Phi) is 1.93. The maximum Gasteiger partial charge on any atom is 0.240 e. The first kappa shape index (κ1) is 7.10. The van der Waals surface area contributed by atoms with Crippen molar-refractivity contribution in [3.8, 4) is 0 Å². The van der Waals surface area contributed by atoms with Gasteiger partial charge in [0.05, 0.1) is 0 Å². The third-order valence-corrected chi connectivity index (χ3v) is 1.52. The lowest BCUT2D eigenvalue weighted by molar-refractivity contribution is -0.119. The lowest BCUT2D eigenvalue weighted by Crippen LogP contribution is -2.28. The average molecular weight is 158 g/mol. The van der Waals surface area contributed by atoms with Crippen molar-refractivity contribution in [1.82, 2.24) is 9.59 Å². The SMILES string of the molecule is NC(=O)C(N)c1csnn1. The number of nitrogens with two attached hydrogens (primary N) is 2. The van der Waals surface area contributed by atoms with Gasteiger partial charge in [0.15, 0.2) is 0 Å². The molecule has 0 aliphatic heterocycles. The lowest BCUT2D eigenvalue weighted by Gasteiger charge is -1.99. The normalized spacial score (nSPS) is 12.9. The summed E-state index contributed by atoms with van der Waals surface area (Å²) in [5.74, 6) is -0.590. The highest BCUT2D eigenvalue weighted by molar-refractivity contribution is 7.03. The molecule has 1 aromatic heterocycles. The van der Waals surface area contributed by atoms with Gasteiger partial charge in [0.25, 0.3) is 0 Å². The molecule has 1 aromatic rings. The molecular weight excluding hydrogens is 152 g/mol. The number of primary amides is 1. The van der Waals surface area contributed by atoms with Crippen LogP contribution >= 0.6 is 11.5 Å². The van der Waals surface area contributed by atoms with Crippen molar-refractivity contribution in [2.45, 2.75) is 6.04 Å². The maximum atomic E-state index is 10.4. The molecule has 54 valence electrons. The van der Waals surface area contributed by atoms with E-state index in [1.165, 1.54) is 0 Å². The van der Waals surface area contributed by atoms with E-state index in [9.17, 15) is 4.79 Å². The van der Waals surface area contributed by atoms with Crippen molar-refractivity contribution in [3.05, 3.63) is 11.1 Å². The van der Waals surface area contributed by atoms with Gasteiger partial charge < -0.3 is 11.5 Å². The summed E-state index contributed by atoms with van der Waals surface area (Å²) < 4.78 is 3.53. The molecule has 0 saturated carbocycles. The summed E-state index contributed by atoms with van der Waals surface area (Å²) in [5.41, 5.74) is 10.6. The zero-order valence-electron chi connectivity index (χ0n) is 5.02.